The molecule has 138 valence electrons. The predicted octanol–water partition coefficient (Wildman–Crippen LogP) is 1.24. The van der Waals surface area contributed by atoms with Crippen molar-refractivity contribution >= 4 is 16.1 Å². The van der Waals surface area contributed by atoms with Crippen molar-refractivity contribution in [3.05, 3.63) is 29.8 Å². The van der Waals surface area contributed by atoms with Gasteiger partial charge in [0.2, 0.25) is 10.0 Å². The fourth-order valence-corrected chi connectivity index (χ4v) is 4.86. The number of likely N-dealkylation sites (tertiary alicyclic amines) is 1. The Balaban J connectivity index is 1.94. The van der Waals surface area contributed by atoms with Crippen LogP contribution in [0.25, 0.3) is 0 Å². The van der Waals surface area contributed by atoms with E-state index in [0.717, 1.165) is 11.3 Å². The number of nitrogens with zero attached hydrogens (tertiary/aromatic N) is 3. The van der Waals surface area contributed by atoms with Gasteiger partial charge in [-0.15, -0.1) is 0 Å². The Morgan fingerprint density at radius 3 is 2.32 bits per heavy atom. The average Bonchev–Trinajstić information content (AvgIpc) is 3.11. The molecule has 2 fully saturated rings. The largest absolute Gasteiger partial charge is 0.497 e. The number of ether oxygens (including phenoxy) is 1. The molecule has 0 radical (unpaired) electrons. The second kappa shape index (κ2) is 6.49. The van der Waals surface area contributed by atoms with Gasteiger partial charge in [-0.05, 0) is 23.6 Å². The average molecular weight is 367 g/mol. The highest BCUT2D eigenvalue weighted by molar-refractivity contribution is 7.88. The van der Waals surface area contributed by atoms with Crippen LogP contribution in [0, 0.1) is 11.8 Å². The first-order valence-corrected chi connectivity index (χ1v) is 10.1. The maximum absolute atomic E-state index is 12.7. The standard InChI is InChI=1S/C17H25N3O4S/c1-18(2)17(21)20-10-13-9-19(25(4,22)23)11-15(13)16(20)12-5-7-14(24-3)8-6-12/h5-8,13,15-16H,9-11H2,1-4H3/t13-,15-,16+/m1/s1. The number of methoxy groups -OCH3 is 1. The maximum atomic E-state index is 12.7. The number of benzene rings is 1. The molecule has 2 saturated heterocycles. The summed E-state index contributed by atoms with van der Waals surface area (Å²) in [5.41, 5.74) is 1.01. The van der Waals surface area contributed by atoms with Crippen molar-refractivity contribution in [2.75, 3.05) is 47.1 Å². The van der Waals surface area contributed by atoms with E-state index >= 15 is 0 Å². The minimum absolute atomic E-state index is 0.0406. The SMILES string of the molecule is COc1ccc([C@H]2[C@@H]3CN(S(C)(=O)=O)C[C@@H]3CN2C(=O)N(C)C)cc1. The summed E-state index contributed by atoms with van der Waals surface area (Å²) in [6.07, 6.45) is 1.25. The van der Waals surface area contributed by atoms with Crippen LogP contribution in [-0.2, 0) is 10.0 Å². The minimum atomic E-state index is -3.22. The summed E-state index contributed by atoms with van der Waals surface area (Å²) in [6, 6.07) is 7.52. The third kappa shape index (κ3) is 3.32. The first-order valence-electron chi connectivity index (χ1n) is 8.29. The molecule has 1 aromatic carbocycles. The summed E-state index contributed by atoms with van der Waals surface area (Å²) in [6.45, 7) is 1.51. The summed E-state index contributed by atoms with van der Waals surface area (Å²) < 4.78 is 30.6. The lowest BCUT2D eigenvalue weighted by atomic mass is 9.89. The zero-order valence-electron chi connectivity index (χ0n) is 15.0. The molecule has 0 aromatic heterocycles. The molecule has 3 atom stereocenters. The van der Waals surface area contributed by atoms with Crippen LogP contribution in [0.3, 0.4) is 0 Å². The van der Waals surface area contributed by atoms with Crippen molar-refractivity contribution in [1.82, 2.24) is 14.1 Å². The summed E-state index contributed by atoms with van der Waals surface area (Å²) >= 11 is 0. The number of rotatable bonds is 3. The number of sulfonamides is 1. The highest BCUT2D eigenvalue weighted by Gasteiger charge is 2.51. The molecular formula is C17H25N3O4S. The Bertz CT molecular complexity index is 748. The van der Waals surface area contributed by atoms with E-state index in [1.165, 1.54) is 10.6 Å². The molecule has 0 saturated carbocycles. The van der Waals surface area contributed by atoms with E-state index < -0.39 is 10.0 Å². The molecule has 2 aliphatic rings. The fraction of sp³-hybridized carbons (Fsp3) is 0.588. The maximum Gasteiger partial charge on any atom is 0.320 e. The van der Waals surface area contributed by atoms with Gasteiger partial charge in [-0.25, -0.2) is 17.5 Å². The van der Waals surface area contributed by atoms with Gasteiger partial charge >= 0.3 is 6.03 Å². The van der Waals surface area contributed by atoms with Gasteiger partial charge in [0.05, 0.1) is 19.4 Å². The lowest BCUT2D eigenvalue weighted by Crippen LogP contribution is -2.42. The highest BCUT2D eigenvalue weighted by Crippen LogP contribution is 2.46. The summed E-state index contributed by atoms with van der Waals surface area (Å²) in [5.74, 6) is 1.02. The molecule has 2 aliphatic heterocycles. The second-order valence-corrected chi connectivity index (χ2v) is 9.03. The van der Waals surface area contributed by atoms with Crippen molar-refractivity contribution in [2.24, 2.45) is 11.8 Å². The van der Waals surface area contributed by atoms with Gasteiger partial charge < -0.3 is 14.5 Å². The van der Waals surface area contributed by atoms with Gasteiger partial charge in [0, 0.05) is 39.6 Å². The number of amides is 2. The Kier molecular flexibility index (Phi) is 4.68. The molecule has 0 bridgehead atoms. The van der Waals surface area contributed by atoms with E-state index in [1.807, 2.05) is 29.2 Å². The second-order valence-electron chi connectivity index (χ2n) is 7.05. The van der Waals surface area contributed by atoms with Gasteiger partial charge in [0.15, 0.2) is 0 Å². The van der Waals surface area contributed by atoms with E-state index in [-0.39, 0.29) is 23.9 Å². The van der Waals surface area contributed by atoms with Gasteiger partial charge in [0.1, 0.15) is 5.75 Å². The summed E-state index contributed by atoms with van der Waals surface area (Å²) in [7, 11) is 1.88. The van der Waals surface area contributed by atoms with Crippen LogP contribution in [0.4, 0.5) is 4.79 Å². The molecule has 8 heteroatoms. The van der Waals surface area contributed by atoms with Crippen LogP contribution >= 0.6 is 0 Å². The minimum Gasteiger partial charge on any atom is -0.497 e. The molecule has 3 rings (SSSR count). The van der Waals surface area contributed by atoms with Crippen molar-refractivity contribution in [2.45, 2.75) is 6.04 Å². The Hall–Kier alpha value is -1.80. The van der Waals surface area contributed by atoms with E-state index in [4.69, 9.17) is 4.74 Å². The number of carbonyl (C=O) groups excluding carboxylic acids is 1. The van der Waals surface area contributed by atoms with Crippen LogP contribution in [-0.4, -0.2) is 75.6 Å². The van der Waals surface area contributed by atoms with Crippen molar-refractivity contribution in [1.29, 1.82) is 0 Å². The zero-order valence-corrected chi connectivity index (χ0v) is 15.9. The van der Waals surface area contributed by atoms with Crippen molar-refractivity contribution < 1.29 is 17.9 Å². The first kappa shape index (κ1) is 18.0. The highest BCUT2D eigenvalue weighted by atomic mass is 32.2. The normalized spacial score (nSPS) is 26.6. The molecule has 0 spiro atoms. The van der Waals surface area contributed by atoms with Crippen molar-refractivity contribution in [3.63, 3.8) is 0 Å². The Morgan fingerprint density at radius 1 is 1.16 bits per heavy atom. The lowest BCUT2D eigenvalue weighted by molar-refractivity contribution is 0.157. The topological polar surface area (TPSA) is 70.2 Å². The lowest BCUT2D eigenvalue weighted by Gasteiger charge is -2.31. The number of hydrogen-bond donors (Lipinski definition) is 0. The third-order valence-electron chi connectivity index (χ3n) is 5.19. The molecule has 1 aromatic rings. The van der Waals surface area contributed by atoms with E-state index in [2.05, 4.69) is 0 Å². The quantitative estimate of drug-likeness (QED) is 0.806. The number of fused-ring (bicyclic) bond motifs is 1. The van der Waals surface area contributed by atoms with E-state index in [9.17, 15) is 13.2 Å². The van der Waals surface area contributed by atoms with Gasteiger partial charge in [-0.1, -0.05) is 12.1 Å². The molecule has 2 amide bonds. The first-order chi connectivity index (χ1) is 11.7. The molecule has 0 unspecified atom stereocenters. The molecule has 7 nitrogen and oxygen atoms in total. The van der Waals surface area contributed by atoms with Crippen LogP contribution in [0.2, 0.25) is 0 Å². The predicted molar refractivity (Wildman–Crippen MR) is 94.9 cm³/mol. The van der Waals surface area contributed by atoms with Crippen LogP contribution in [0.5, 0.6) is 5.75 Å². The summed E-state index contributed by atoms with van der Waals surface area (Å²) in [4.78, 5) is 16.1. The van der Waals surface area contributed by atoms with E-state index in [0.29, 0.717) is 19.6 Å². The Labute approximate surface area is 149 Å². The molecule has 0 N–H and O–H groups in total. The molecular weight excluding hydrogens is 342 g/mol. The number of carbonyl (C=O) groups is 1. The monoisotopic (exact) mass is 367 g/mol. The van der Waals surface area contributed by atoms with Crippen LogP contribution in [0.15, 0.2) is 24.3 Å². The van der Waals surface area contributed by atoms with Gasteiger partial charge in [0.25, 0.3) is 0 Å². The van der Waals surface area contributed by atoms with Gasteiger partial charge in [-0.3, -0.25) is 0 Å². The van der Waals surface area contributed by atoms with Crippen molar-refractivity contribution in [3.8, 4) is 5.75 Å². The Morgan fingerprint density at radius 2 is 1.80 bits per heavy atom. The number of hydrogen-bond acceptors (Lipinski definition) is 4. The fourth-order valence-electron chi connectivity index (χ4n) is 3.96. The smallest absolute Gasteiger partial charge is 0.320 e. The summed E-state index contributed by atoms with van der Waals surface area (Å²) in [5, 5.41) is 0. The van der Waals surface area contributed by atoms with Gasteiger partial charge in [-0.2, -0.15) is 0 Å². The van der Waals surface area contributed by atoms with E-state index in [1.54, 1.807) is 26.1 Å². The molecule has 25 heavy (non-hydrogen) atoms. The molecule has 2 heterocycles. The zero-order chi connectivity index (χ0) is 18.4. The number of urea groups is 1. The van der Waals surface area contributed by atoms with Crippen LogP contribution in [0.1, 0.15) is 11.6 Å². The molecule has 0 aliphatic carbocycles. The van der Waals surface area contributed by atoms with Crippen LogP contribution < -0.4 is 4.74 Å². The third-order valence-corrected chi connectivity index (χ3v) is 6.42.